The Kier molecular flexibility index (Phi) is 9.21. The van der Waals surface area contributed by atoms with Gasteiger partial charge in [-0.15, -0.1) is 0 Å². The number of hydrogen-bond acceptors (Lipinski definition) is 8. The average Bonchev–Trinajstić information content (AvgIpc) is 3.75. The van der Waals surface area contributed by atoms with Gasteiger partial charge in [0.1, 0.15) is 28.7 Å². The van der Waals surface area contributed by atoms with Crippen molar-refractivity contribution < 1.29 is 18.9 Å². The molecule has 61 heavy (non-hydrogen) atoms. The first-order valence-corrected chi connectivity index (χ1v) is 20.4. The Morgan fingerprint density at radius 2 is 0.967 bits per heavy atom. The van der Waals surface area contributed by atoms with Crippen molar-refractivity contribution in [1.29, 1.82) is 0 Å². The Labute approximate surface area is 356 Å². The molecule has 0 bridgehead atoms. The number of nitrogens with zero attached hydrogens (tertiary/aromatic N) is 1. The number of rotatable bonds is 11. The highest BCUT2D eigenvalue weighted by Crippen LogP contribution is 2.65. The lowest BCUT2D eigenvalue weighted by Crippen LogP contribution is -2.47. The summed E-state index contributed by atoms with van der Waals surface area (Å²) in [6.45, 7) is 0. The molecule has 0 aromatic heterocycles. The first-order valence-electron chi connectivity index (χ1n) is 20.4. The maximum Gasteiger partial charge on any atom is 0.131 e. The number of fused-ring (bicyclic) bond motifs is 9. The van der Waals surface area contributed by atoms with E-state index in [-0.39, 0.29) is 0 Å². The third-order valence-corrected chi connectivity index (χ3v) is 12.4. The zero-order chi connectivity index (χ0) is 41.7. The van der Waals surface area contributed by atoms with E-state index in [0.29, 0.717) is 6.42 Å². The van der Waals surface area contributed by atoms with Crippen LogP contribution in [0.5, 0.6) is 23.0 Å². The van der Waals surface area contributed by atoms with E-state index < -0.39 is 11.1 Å². The van der Waals surface area contributed by atoms with Gasteiger partial charge in [-0.2, -0.15) is 0 Å². The van der Waals surface area contributed by atoms with E-state index in [1.165, 1.54) is 44.5 Å². The Morgan fingerprint density at radius 3 is 1.52 bits per heavy atom. The number of nitrogen functional groups attached to an aromatic ring is 1. The number of nitrogens with one attached hydrogen (secondary N) is 2. The molecule has 0 amide bonds. The number of anilines is 6. The molecule has 0 saturated heterocycles. The zero-order valence-corrected chi connectivity index (χ0v) is 34.5. The molecule has 8 nitrogen and oxygen atoms in total. The molecule has 7 aromatic rings. The van der Waals surface area contributed by atoms with Crippen molar-refractivity contribution in [3.63, 3.8) is 0 Å². The summed E-state index contributed by atoms with van der Waals surface area (Å²) in [6, 6.07) is 54.8. The summed E-state index contributed by atoms with van der Waals surface area (Å²) < 4.78 is 22.2. The molecular formula is C53H46N4O4. The highest BCUT2D eigenvalue weighted by Gasteiger charge is 2.55. The summed E-state index contributed by atoms with van der Waals surface area (Å²) in [4.78, 5) is 2.29. The number of allylic oxidation sites excluding steroid dienone is 2. The second-order valence-electron chi connectivity index (χ2n) is 15.6. The molecule has 302 valence electrons. The SMILES string of the molecule is COc1ccc(NC2(Nc3ccc(OC)cc3)C=CC3=C(C2)C2(c4cc(N(c5ccc(OC)cc5)c5ccc(OC)cc5)ccc43)c3ccccc3-c3ccc(N)cc32)cc1. The number of nitrogens with two attached hydrogens (primary N) is 1. The van der Waals surface area contributed by atoms with E-state index in [1.54, 1.807) is 28.4 Å². The molecule has 0 fully saturated rings. The third-order valence-electron chi connectivity index (χ3n) is 12.4. The number of methoxy groups -OCH3 is 4. The van der Waals surface area contributed by atoms with Gasteiger partial charge in [0.05, 0.1) is 33.9 Å². The maximum absolute atomic E-state index is 6.78. The van der Waals surface area contributed by atoms with E-state index in [4.69, 9.17) is 24.7 Å². The third kappa shape index (κ3) is 6.22. The minimum Gasteiger partial charge on any atom is -0.497 e. The van der Waals surface area contributed by atoms with Crippen LogP contribution in [0.25, 0.3) is 16.7 Å². The van der Waals surface area contributed by atoms with Crippen molar-refractivity contribution in [3.05, 3.63) is 198 Å². The van der Waals surface area contributed by atoms with E-state index in [0.717, 1.165) is 57.1 Å². The highest BCUT2D eigenvalue weighted by molar-refractivity contribution is 5.99. The van der Waals surface area contributed by atoms with Gasteiger partial charge in [0.2, 0.25) is 0 Å². The molecule has 0 radical (unpaired) electrons. The van der Waals surface area contributed by atoms with Crippen LogP contribution in [-0.4, -0.2) is 34.1 Å². The molecule has 10 rings (SSSR count). The molecule has 3 aliphatic rings. The smallest absolute Gasteiger partial charge is 0.131 e. The van der Waals surface area contributed by atoms with Gasteiger partial charge in [0, 0.05) is 40.5 Å². The summed E-state index contributed by atoms with van der Waals surface area (Å²) in [5, 5.41) is 7.89. The van der Waals surface area contributed by atoms with Crippen LogP contribution in [0.3, 0.4) is 0 Å². The van der Waals surface area contributed by atoms with Gasteiger partial charge in [-0.05, 0) is 172 Å². The minimum atomic E-state index is -0.754. The van der Waals surface area contributed by atoms with Gasteiger partial charge in [-0.3, -0.25) is 0 Å². The maximum atomic E-state index is 6.78. The number of ether oxygens (including phenoxy) is 4. The van der Waals surface area contributed by atoms with Gasteiger partial charge < -0.3 is 40.2 Å². The minimum absolute atomic E-state index is 0.615. The number of hydrogen-bond donors (Lipinski definition) is 3. The Morgan fingerprint density at radius 1 is 0.492 bits per heavy atom. The fourth-order valence-corrected chi connectivity index (χ4v) is 9.61. The Balaban J connectivity index is 1.19. The van der Waals surface area contributed by atoms with Crippen LogP contribution in [0, 0.1) is 0 Å². The van der Waals surface area contributed by atoms with E-state index in [1.807, 2.05) is 54.6 Å². The first kappa shape index (κ1) is 37.7. The van der Waals surface area contributed by atoms with Crippen LogP contribution in [0.15, 0.2) is 175 Å². The van der Waals surface area contributed by atoms with E-state index >= 15 is 0 Å². The van der Waals surface area contributed by atoms with E-state index in [2.05, 4.69) is 131 Å². The molecule has 1 spiro atoms. The summed E-state index contributed by atoms with van der Waals surface area (Å²) >= 11 is 0. The summed E-state index contributed by atoms with van der Waals surface area (Å²) in [7, 11) is 6.76. The quantitative estimate of drug-likeness (QED) is 0.0880. The normalized spacial score (nSPS) is 16.3. The van der Waals surface area contributed by atoms with Crippen LogP contribution < -0.4 is 40.2 Å². The topological polar surface area (TPSA) is 90.2 Å². The van der Waals surface area contributed by atoms with Crippen molar-refractivity contribution in [1.82, 2.24) is 0 Å². The van der Waals surface area contributed by atoms with Crippen LogP contribution in [-0.2, 0) is 5.41 Å². The van der Waals surface area contributed by atoms with Crippen molar-refractivity contribution in [2.45, 2.75) is 17.5 Å². The molecule has 0 saturated carbocycles. The van der Waals surface area contributed by atoms with Crippen molar-refractivity contribution in [3.8, 4) is 34.1 Å². The first-order chi connectivity index (χ1) is 29.9. The summed E-state index contributed by atoms with van der Waals surface area (Å²) in [5.41, 5.74) is 20.7. The van der Waals surface area contributed by atoms with Crippen molar-refractivity contribution in [2.75, 3.05) is 49.7 Å². The fraction of sp³-hybridized carbons (Fsp3) is 0.132. The largest absolute Gasteiger partial charge is 0.497 e. The molecule has 0 aliphatic heterocycles. The molecule has 8 heteroatoms. The molecule has 7 aromatic carbocycles. The van der Waals surface area contributed by atoms with Crippen LogP contribution in [0.4, 0.5) is 34.1 Å². The summed E-state index contributed by atoms with van der Waals surface area (Å²) in [6.07, 6.45) is 5.19. The predicted octanol–water partition coefficient (Wildman–Crippen LogP) is 11.7. The second kappa shape index (κ2) is 14.9. The molecule has 1 atom stereocenters. The van der Waals surface area contributed by atoms with Gasteiger partial charge in [0.15, 0.2) is 0 Å². The lowest BCUT2D eigenvalue weighted by molar-refractivity contribution is 0.414. The molecule has 1 unspecified atom stereocenters. The second-order valence-corrected chi connectivity index (χ2v) is 15.6. The fourth-order valence-electron chi connectivity index (χ4n) is 9.61. The summed E-state index contributed by atoms with van der Waals surface area (Å²) in [5.74, 6) is 3.18. The van der Waals surface area contributed by atoms with Crippen molar-refractivity contribution in [2.24, 2.45) is 0 Å². The van der Waals surface area contributed by atoms with Gasteiger partial charge in [0.25, 0.3) is 0 Å². The lowest BCUT2D eigenvalue weighted by Gasteiger charge is -2.42. The highest BCUT2D eigenvalue weighted by atomic mass is 16.5. The average molecular weight is 803 g/mol. The van der Waals surface area contributed by atoms with Crippen LogP contribution in [0.2, 0.25) is 0 Å². The van der Waals surface area contributed by atoms with Gasteiger partial charge >= 0.3 is 0 Å². The molecular weight excluding hydrogens is 757 g/mol. The Bertz CT molecular complexity index is 2740. The number of benzene rings is 7. The van der Waals surface area contributed by atoms with Gasteiger partial charge in [-0.1, -0.05) is 42.5 Å². The van der Waals surface area contributed by atoms with Gasteiger partial charge in [-0.25, -0.2) is 0 Å². The Hall–Kier alpha value is -7.58. The lowest BCUT2D eigenvalue weighted by atomic mass is 9.66. The predicted molar refractivity (Wildman–Crippen MR) is 247 cm³/mol. The molecule has 3 aliphatic carbocycles. The van der Waals surface area contributed by atoms with Crippen LogP contribution in [0.1, 0.15) is 28.7 Å². The molecule has 4 N–H and O–H groups in total. The van der Waals surface area contributed by atoms with Crippen molar-refractivity contribution >= 4 is 39.7 Å². The zero-order valence-electron chi connectivity index (χ0n) is 34.5. The monoisotopic (exact) mass is 802 g/mol. The standard InChI is InChI=1S/C53H46N4O4/c1-58-40-19-10-35(11-20-40)55-52(56-36-12-21-41(59-2)22-13-36)30-29-47-46-28-18-39(57(37-14-23-42(60-3)24-15-37)38-16-25-43(61-4)26-17-38)32-50(46)53(51(47)33-52)48-8-6-5-7-44(48)45-27-9-34(54)31-49(45)53/h5-32,55-56H,33,54H2,1-4H3. The molecule has 0 heterocycles. The van der Waals surface area contributed by atoms with E-state index in [9.17, 15) is 0 Å². The van der Waals surface area contributed by atoms with Crippen LogP contribution >= 0.6 is 0 Å².